The van der Waals surface area contributed by atoms with Gasteiger partial charge in [-0.3, -0.25) is 9.80 Å². The maximum Gasteiger partial charge on any atom is 0.0164 e. The molecule has 1 aliphatic heterocycles. The fourth-order valence-corrected chi connectivity index (χ4v) is 2.60. The Bertz CT molecular complexity index is 302. The molecule has 0 aromatic heterocycles. The van der Waals surface area contributed by atoms with E-state index in [4.69, 9.17) is 0 Å². The summed E-state index contributed by atoms with van der Waals surface area (Å²) in [7, 11) is 0. The minimum Gasteiger partial charge on any atom is -0.297 e. The van der Waals surface area contributed by atoms with Crippen molar-refractivity contribution in [2.24, 2.45) is 0 Å². The van der Waals surface area contributed by atoms with Crippen molar-refractivity contribution in [3.8, 4) is 0 Å². The summed E-state index contributed by atoms with van der Waals surface area (Å²) < 4.78 is 0. The highest BCUT2D eigenvalue weighted by atomic mass is 15.3. The van der Waals surface area contributed by atoms with Crippen LogP contribution in [0.3, 0.4) is 0 Å². The van der Waals surface area contributed by atoms with Crippen LogP contribution in [0.5, 0.6) is 0 Å². The van der Waals surface area contributed by atoms with Crippen molar-refractivity contribution in [3.05, 3.63) is 49.6 Å². The van der Waals surface area contributed by atoms with Crippen LogP contribution >= 0.6 is 0 Å². The summed E-state index contributed by atoms with van der Waals surface area (Å²) in [6.07, 6.45) is 20.4. The van der Waals surface area contributed by atoms with Crippen LogP contribution in [0.15, 0.2) is 49.6 Å². The molecule has 0 saturated carbocycles. The molecule has 1 rings (SSSR count). The summed E-state index contributed by atoms with van der Waals surface area (Å²) in [4.78, 5) is 5.10. The summed E-state index contributed by atoms with van der Waals surface area (Å²) in [5.41, 5.74) is 0. The van der Waals surface area contributed by atoms with Crippen LogP contribution in [0.2, 0.25) is 0 Å². The first kappa shape index (κ1) is 18.9. The molecular formula is C20H34N2. The standard InChI is InChI=1S/C20H34N2/c1-3-5-7-9-11-13-15-21-17-19-22(20-18-21)16-14-12-10-8-6-4-2/h3-4,11-14H,1-2,5-10,15-20H2. The summed E-state index contributed by atoms with van der Waals surface area (Å²) in [6.45, 7) is 14.5. The van der Waals surface area contributed by atoms with Gasteiger partial charge in [-0.1, -0.05) is 36.5 Å². The van der Waals surface area contributed by atoms with Crippen molar-refractivity contribution in [1.82, 2.24) is 9.80 Å². The Morgan fingerprint density at radius 1 is 0.591 bits per heavy atom. The van der Waals surface area contributed by atoms with E-state index in [-0.39, 0.29) is 0 Å². The first-order valence-electron chi connectivity index (χ1n) is 8.83. The van der Waals surface area contributed by atoms with Crippen molar-refractivity contribution in [3.63, 3.8) is 0 Å². The van der Waals surface area contributed by atoms with E-state index in [0.29, 0.717) is 0 Å². The summed E-state index contributed by atoms with van der Waals surface area (Å²) in [5.74, 6) is 0. The lowest BCUT2D eigenvalue weighted by atomic mass is 10.2. The lowest BCUT2D eigenvalue weighted by Crippen LogP contribution is -2.46. The van der Waals surface area contributed by atoms with Gasteiger partial charge in [0.25, 0.3) is 0 Å². The lowest BCUT2D eigenvalue weighted by Gasteiger charge is -2.33. The Morgan fingerprint density at radius 2 is 1.00 bits per heavy atom. The molecule has 0 radical (unpaired) electrons. The van der Waals surface area contributed by atoms with Gasteiger partial charge in [0.1, 0.15) is 0 Å². The van der Waals surface area contributed by atoms with Crippen molar-refractivity contribution in [2.45, 2.75) is 38.5 Å². The Morgan fingerprint density at radius 3 is 1.36 bits per heavy atom. The van der Waals surface area contributed by atoms with Gasteiger partial charge in [0.15, 0.2) is 0 Å². The molecule has 0 aromatic rings. The maximum atomic E-state index is 3.75. The van der Waals surface area contributed by atoms with E-state index in [9.17, 15) is 0 Å². The van der Waals surface area contributed by atoms with E-state index >= 15 is 0 Å². The minimum atomic E-state index is 1.11. The van der Waals surface area contributed by atoms with E-state index in [0.717, 1.165) is 25.9 Å². The van der Waals surface area contributed by atoms with Crippen LogP contribution in [0.1, 0.15) is 38.5 Å². The Kier molecular flexibility index (Phi) is 11.6. The zero-order chi connectivity index (χ0) is 15.9. The van der Waals surface area contributed by atoms with Crippen LogP contribution in [-0.2, 0) is 0 Å². The summed E-state index contributed by atoms with van der Waals surface area (Å²) in [6, 6.07) is 0. The average molecular weight is 303 g/mol. The molecule has 0 N–H and O–H groups in total. The second-order valence-electron chi connectivity index (χ2n) is 5.98. The van der Waals surface area contributed by atoms with Crippen LogP contribution in [0, 0.1) is 0 Å². The van der Waals surface area contributed by atoms with E-state index < -0.39 is 0 Å². The fourth-order valence-electron chi connectivity index (χ4n) is 2.60. The number of allylic oxidation sites excluding steroid dienone is 4. The number of piperazine rings is 1. The van der Waals surface area contributed by atoms with E-state index in [1.807, 2.05) is 12.2 Å². The Hall–Kier alpha value is -1.12. The summed E-state index contributed by atoms with van der Waals surface area (Å²) >= 11 is 0. The van der Waals surface area contributed by atoms with Crippen LogP contribution in [-0.4, -0.2) is 49.1 Å². The summed E-state index contributed by atoms with van der Waals surface area (Å²) in [5, 5.41) is 0. The van der Waals surface area contributed by atoms with E-state index in [2.05, 4.69) is 47.3 Å². The third-order valence-electron chi connectivity index (χ3n) is 4.08. The Balaban J connectivity index is 2.03. The molecule has 1 heterocycles. The topological polar surface area (TPSA) is 6.48 Å². The Labute approximate surface area is 137 Å². The zero-order valence-corrected chi connectivity index (χ0v) is 14.3. The lowest BCUT2D eigenvalue weighted by molar-refractivity contribution is 0.153. The molecule has 0 atom stereocenters. The zero-order valence-electron chi connectivity index (χ0n) is 14.3. The molecule has 0 amide bonds. The first-order chi connectivity index (χ1) is 10.9. The number of nitrogens with zero attached hydrogens (tertiary/aromatic N) is 2. The predicted octanol–water partition coefficient (Wildman–Crippen LogP) is 4.43. The number of rotatable bonds is 12. The largest absolute Gasteiger partial charge is 0.297 e. The molecule has 124 valence electrons. The second kappa shape index (κ2) is 13.5. The molecule has 1 aliphatic rings. The molecule has 0 spiro atoms. The highest BCUT2D eigenvalue weighted by molar-refractivity contribution is 4.90. The average Bonchev–Trinajstić information content (AvgIpc) is 2.55. The first-order valence-corrected chi connectivity index (χ1v) is 8.83. The van der Waals surface area contributed by atoms with Crippen molar-refractivity contribution in [2.75, 3.05) is 39.3 Å². The molecule has 22 heavy (non-hydrogen) atoms. The van der Waals surface area contributed by atoms with E-state index in [1.165, 1.54) is 51.9 Å². The van der Waals surface area contributed by atoms with Gasteiger partial charge in [-0.2, -0.15) is 0 Å². The van der Waals surface area contributed by atoms with Gasteiger partial charge < -0.3 is 0 Å². The molecule has 0 aliphatic carbocycles. The number of hydrogen-bond donors (Lipinski definition) is 0. The highest BCUT2D eigenvalue weighted by Crippen LogP contribution is 2.04. The van der Waals surface area contributed by atoms with Crippen LogP contribution in [0.4, 0.5) is 0 Å². The monoisotopic (exact) mass is 302 g/mol. The molecule has 1 fully saturated rings. The quantitative estimate of drug-likeness (QED) is 0.389. The molecule has 2 nitrogen and oxygen atoms in total. The van der Waals surface area contributed by atoms with Crippen molar-refractivity contribution < 1.29 is 0 Å². The molecular weight excluding hydrogens is 268 g/mol. The molecule has 0 aromatic carbocycles. The third kappa shape index (κ3) is 9.75. The molecule has 0 unspecified atom stereocenters. The number of unbranched alkanes of at least 4 members (excludes halogenated alkanes) is 4. The number of hydrogen-bond acceptors (Lipinski definition) is 2. The van der Waals surface area contributed by atoms with Gasteiger partial charge in [-0.05, 0) is 38.5 Å². The second-order valence-corrected chi connectivity index (χ2v) is 5.98. The maximum absolute atomic E-state index is 3.75. The van der Waals surface area contributed by atoms with Gasteiger partial charge in [0, 0.05) is 39.3 Å². The van der Waals surface area contributed by atoms with Gasteiger partial charge >= 0.3 is 0 Å². The van der Waals surface area contributed by atoms with Gasteiger partial charge in [-0.25, -0.2) is 0 Å². The SMILES string of the molecule is C=CCCCC=CCN1CCN(CC=CCCCC=C)CC1. The van der Waals surface area contributed by atoms with Crippen molar-refractivity contribution in [1.29, 1.82) is 0 Å². The van der Waals surface area contributed by atoms with Gasteiger partial charge in [-0.15, -0.1) is 13.2 Å². The predicted molar refractivity (Wildman–Crippen MR) is 99.3 cm³/mol. The third-order valence-corrected chi connectivity index (χ3v) is 4.08. The normalized spacial score (nSPS) is 17.5. The smallest absolute Gasteiger partial charge is 0.0164 e. The fraction of sp³-hybridized carbons (Fsp3) is 0.600. The van der Waals surface area contributed by atoms with E-state index in [1.54, 1.807) is 0 Å². The van der Waals surface area contributed by atoms with Gasteiger partial charge in [0.05, 0.1) is 0 Å². The van der Waals surface area contributed by atoms with Crippen LogP contribution < -0.4 is 0 Å². The van der Waals surface area contributed by atoms with Gasteiger partial charge in [0.2, 0.25) is 0 Å². The molecule has 2 heteroatoms. The highest BCUT2D eigenvalue weighted by Gasteiger charge is 2.14. The minimum absolute atomic E-state index is 1.11. The van der Waals surface area contributed by atoms with Crippen molar-refractivity contribution >= 4 is 0 Å². The molecule has 0 bridgehead atoms. The molecule has 1 saturated heterocycles. The van der Waals surface area contributed by atoms with Crippen LogP contribution in [0.25, 0.3) is 0 Å².